The maximum absolute atomic E-state index is 7.67. The molecule has 0 radical (unpaired) electrons. The molecule has 1 heterocycles. The molecule has 1 nitrogen and oxygen atoms in total. The number of nitrogens with one attached hydrogen (secondary N) is 1. The van der Waals surface area contributed by atoms with Crippen molar-refractivity contribution in [1.29, 1.82) is 0 Å². The Bertz CT molecular complexity index is 279. The molecule has 0 spiro atoms. The summed E-state index contributed by atoms with van der Waals surface area (Å²) in [6, 6.07) is 0. The summed E-state index contributed by atoms with van der Waals surface area (Å²) in [5.74, 6) is -2.56. The SMILES string of the molecule is [2H]C1([2H])NC([2H])([2H])C([2H])([2H])C([2H])(C)C1([2H])[2H]. The molecule has 1 N–H and O–H groups in total. The van der Waals surface area contributed by atoms with Gasteiger partial charge in [-0.1, -0.05) is 6.92 Å². The predicted molar refractivity (Wildman–Crippen MR) is 31.3 cm³/mol. The van der Waals surface area contributed by atoms with Crippen LogP contribution < -0.4 is 5.32 Å². The molecule has 0 amide bonds. The van der Waals surface area contributed by atoms with Crippen LogP contribution in [-0.2, 0) is 0 Å². The van der Waals surface area contributed by atoms with Gasteiger partial charge in [0.05, 0.1) is 0 Å². The first-order valence-electron chi connectivity index (χ1n) is 6.50. The molecule has 1 heteroatoms. The average molecular weight is 108 g/mol. The van der Waals surface area contributed by atoms with Crippen LogP contribution >= 0.6 is 0 Å². The summed E-state index contributed by atoms with van der Waals surface area (Å²) in [5.41, 5.74) is 0. The van der Waals surface area contributed by atoms with E-state index in [9.17, 15) is 0 Å². The molecule has 42 valence electrons. The van der Waals surface area contributed by atoms with E-state index >= 15 is 0 Å². The smallest absolute Gasteiger partial charge is 0.0428 e. The molecule has 1 fully saturated rings. The molecule has 7 heavy (non-hydrogen) atoms. The summed E-state index contributed by atoms with van der Waals surface area (Å²) in [5, 5.41) is 1.66. The van der Waals surface area contributed by atoms with Crippen LogP contribution in [0.4, 0.5) is 0 Å². The first kappa shape index (κ1) is 0.971. The Morgan fingerprint density at radius 3 is 2.86 bits per heavy atom. The number of hydrogen-bond acceptors (Lipinski definition) is 1. The van der Waals surface area contributed by atoms with Gasteiger partial charge in [0.15, 0.2) is 0 Å². The molecule has 0 aromatic heterocycles. The van der Waals surface area contributed by atoms with Crippen LogP contribution in [0.25, 0.3) is 0 Å². The van der Waals surface area contributed by atoms with Gasteiger partial charge in [-0.25, -0.2) is 0 Å². The zero-order valence-electron chi connectivity index (χ0n) is 13.0. The maximum atomic E-state index is 7.67. The van der Waals surface area contributed by atoms with E-state index in [2.05, 4.69) is 0 Å². The van der Waals surface area contributed by atoms with Gasteiger partial charge in [-0.3, -0.25) is 0 Å². The summed E-state index contributed by atoms with van der Waals surface area (Å²) >= 11 is 0. The quantitative estimate of drug-likeness (QED) is 0.488. The molecule has 0 aromatic carbocycles. The first-order chi connectivity index (χ1) is 6.71. The molecule has 1 aliphatic rings. The highest BCUT2D eigenvalue weighted by atomic mass is 14.9. The van der Waals surface area contributed by atoms with E-state index in [4.69, 9.17) is 12.3 Å². The van der Waals surface area contributed by atoms with Crippen molar-refractivity contribution in [3.63, 3.8) is 0 Å². The van der Waals surface area contributed by atoms with Crippen LogP contribution in [0.3, 0.4) is 0 Å². The highest BCUT2D eigenvalue weighted by Gasteiger charge is 2.04. The predicted octanol–water partition coefficient (Wildman–Crippen LogP) is 1.01. The fourth-order valence-corrected chi connectivity index (χ4v) is 0.312. The third-order valence-electron chi connectivity index (χ3n) is 0.625. The van der Waals surface area contributed by atoms with Gasteiger partial charge in [-0.05, 0) is 31.6 Å². The second-order valence-corrected chi connectivity index (χ2v) is 1.25. The number of piperidine rings is 1. The van der Waals surface area contributed by atoms with Gasteiger partial charge in [0.25, 0.3) is 0 Å². The van der Waals surface area contributed by atoms with E-state index in [0.29, 0.717) is 0 Å². The fraction of sp³-hybridized carbons (Fsp3) is 1.00. The van der Waals surface area contributed by atoms with Crippen LogP contribution in [0, 0.1) is 5.89 Å². The molecule has 1 aliphatic heterocycles. The Kier molecular flexibility index (Phi) is 0.321. The summed E-state index contributed by atoms with van der Waals surface area (Å²) in [6.07, 6.45) is -5.73. The minimum absolute atomic E-state index is 0.865. The minimum Gasteiger partial charge on any atom is -0.317 e. The average Bonchev–Trinajstić information content (AvgIpc) is 1.98. The Morgan fingerprint density at radius 2 is 2.29 bits per heavy atom. The minimum atomic E-state index is -2.87. The molecule has 0 saturated carbocycles. The second kappa shape index (κ2) is 2.31. The van der Waals surface area contributed by atoms with Crippen LogP contribution in [-0.4, -0.2) is 13.0 Å². The number of hydrogen-bond donors (Lipinski definition) is 1. The zero-order chi connectivity index (χ0) is 13.2. The van der Waals surface area contributed by atoms with Crippen molar-refractivity contribution >= 4 is 0 Å². The first-order valence-corrected chi connectivity index (χ1v) is 2.00. The van der Waals surface area contributed by atoms with E-state index in [1.54, 1.807) is 5.32 Å². The van der Waals surface area contributed by atoms with E-state index in [1.807, 2.05) is 0 Å². The molecule has 0 aromatic rings. The molecule has 0 aliphatic carbocycles. The summed E-state index contributed by atoms with van der Waals surface area (Å²) in [7, 11) is 0. The Hall–Kier alpha value is -0.0400. The summed E-state index contributed by atoms with van der Waals surface area (Å²) in [6.45, 7) is -4.78. The normalized spacial score (nSPS) is 77.6. The Balaban J connectivity index is 3.43. The topological polar surface area (TPSA) is 12.0 Å². The molecular weight excluding hydrogens is 86.1 g/mol. The maximum Gasteiger partial charge on any atom is 0.0428 e. The van der Waals surface area contributed by atoms with Crippen molar-refractivity contribution in [3.05, 3.63) is 0 Å². The molecule has 0 bridgehead atoms. The van der Waals surface area contributed by atoms with Crippen LogP contribution in [0.2, 0.25) is 0 Å². The van der Waals surface area contributed by atoms with E-state index in [0.717, 1.165) is 6.92 Å². The Morgan fingerprint density at radius 1 is 1.71 bits per heavy atom. The lowest BCUT2D eigenvalue weighted by molar-refractivity contribution is 0.402. The van der Waals surface area contributed by atoms with Crippen LogP contribution in [0.5, 0.6) is 0 Å². The molecule has 1 saturated heterocycles. The van der Waals surface area contributed by atoms with Gasteiger partial charge < -0.3 is 5.32 Å². The van der Waals surface area contributed by atoms with Crippen molar-refractivity contribution in [1.82, 2.24) is 5.32 Å². The van der Waals surface area contributed by atoms with Crippen molar-refractivity contribution in [2.45, 2.75) is 19.7 Å². The van der Waals surface area contributed by atoms with Gasteiger partial charge in [0.1, 0.15) is 0 Å². The highest BCUT2D eigenvalue weighted by Crippen LogP contribution is 2.08. The van der Waals surface area contributed by atoms with Crippen LogP contribution in [0.15, 0.2) is 0 Å². The lowest BCUT2D eigenvalue weighted by atomic mass is 10.0. The monoisotopic (exact) mass is 108 g/mol. The number of rotatable bonds is 0. The van der Waals surface area contributed by atoms with Crippen LogP contribution in [0.1, 0.15) is 32.0 Å². The van der Waals surface area contributed by atoms with Gasteiger partial charge in [-0.15, -0.1) is 0 Å². The highest BCUT2D eigenvalue weighted by molar-refractivity contribution is 4.62. The largest absolute Gasteiger partial charge is 0.317 e. The van der Waals surface area contributed by atoms with E-state index in [-0.39, 0.29) is 0 Å². The third kappa shape index (κ3) is 1.48. The van der Waals surface area contributed by atoms with Gasteiger partial charge in [-0.2, -0.15) is 0 Å². The van der Waals surface area contributed by atoms with Crippen molar-refractivity contribution in [3.8, 4) is 0 Å². The van der Waals surface area contributed by atoms with Crippen molar-refractivity contribution in [2.24, 2.45) is 5.89 Å². The lowest BCUT2D eigenvalue weighted by Gasteiger charge is -2.17. The molecule has 1 rings (SSSR count). The fourth-order valence-electron chi connectivity index (χ4n) is 0.312. The zero-order valence-corrected chi connectivity index (χ0v) is 4.00. The summed E-state index contributed by atoms with van der Waals surface area (Å²) < 4.78 is 67.2. The lowest BCUT2D eigenvalue weighted by Crippen LogP contribution is -2.26. The molecule has 0 atom stereocenters. The molecular formula is C6H13N. The van der Waals surface area contributed by atoms with Crippen molar-refractivity contribution < 1.29 is 12.3 Å². The third-order valence-corrected chi connectivity index (χ3v) is 0.625. The van der Waals surface area contributed by atoms with E-state index in [1.165, 1.54) is 0 Å². The summed E-state index contributed by atoms with van der Waals surface area (Å²) in [4.78, 5) is 0. The van der Waals surface area contributed by atoms with E-state index < -0.39 is 31.6 Å². The Labute approximate surface area is 57.8 Å². The standard InChI is InChI=1S/C6H13N/c1-6-2-4-7-5-3-6/h6-7H,2-5H2,1H3/i2D2,3D2,4D2,5D2,6D. The van der Waals surface area contributed by atoms with Gasteiger partial charge in [0, 0.05) is 12.3 Å². The molecule has 0 unspecified atom stereocenters. The van der Waals surface area contributed by atoms with Gasteiger partial charge in [0.2, 0.25) is 0 Å². The van der Waals surface area contributed by atoms with Crippen molar-refractivity contribution in [2.75, 3.05) is 13.0 Å². The van der Waals surface area contributed by atoms with Gasteiger partial charge >= 0.3 is 0 Å². The second-order valence-electron chi connectivity index (χ2n) is 1.25.